The molecule has 2 atom stereocenters. The molecule has 1 aliphatic carbocycles. The van der Waals surface area contributed by atoms with E-state index < -0.39 is 0 Å². The molecule has 1 aromatic carbocycles. The first kappa shape index (κ1) is 14.9. The highest BCUT2D eigenvalue weighted by molar-refractivity contribution is 5.87. The molecular weight excluding hydrogens is 274 g/mol. The topological polar surface area (TPSA) is 49.9 Å². The molecule has 0 fully saturated rings. The van der Waals surface area contributed by atoms with Crippen LogP contribution in [0.5, 0.6) is 5.75 Å². The maximum Gasteiger partial charge on any atom is 0.144 e. The summed E-state index contributed by atoms with van der Waals surface area (Å²) in [6, 6.07) is 4.24. The van der Waals surface area contributed by atoms with Crippen LogP contribution in [-0.4, -0.2) is 30.9 Å². The number of benzene rings is 1. The van der Waals surface area contributed by atoms with E-state index in [1.165, 1.54) is 10.9 Å². The van der Waals surface area contributed by atoms with Gasteiger partial charge in [-0.1, -0.05) is 30.4 Å². The van der Waals surface area contributed by atoms with Crippen LogP contribution in [0.2, 0.25) is 0 Å². The number of nitrogens with one attached hydrogen (secondary N) is 2. The molecule has 0 aliphatic heterocycles. The van der Waals surface area contributed by atoms with Crippen molar-refractivity contribution in [1.82, 2.24) is 15.5 Å². The predicted molar refractivity (Wildman–Crippen MR) is 90.3 cm³/mol. The quantitative estimate of drug-likeness (QED) is 0.859. The SMILES string of the molecule is CNCC[C@H](c1ccc(OC)c2[nH]ncc12)C1C=CC=CC1. The second kappa shape index (κ2) is 6.79. The Balaban J connectivity index is 2.01. The molecule has 1 aliphatic rings. The Labute approximate surface area is 131 Å². The zero-order chi connectivity index (χ0) is 15.4. The zero-order valence-corrected chi connectivity index (χ0v) is 13.2. The van der Waals surface area contributed by atoms with E-state index in [1.807, 2.05) is 19.3 Å². The van der Waals surface area contributed by atoms with Crippen LogP contribution in [0.3, 0.4) is 0 Å². The summed E-state index contributed by atoms with van der Waals surface area (Å²) in [6.45, 7) is 1.00. The number of aromatic amines is 1. The molecule has 3 rings (SSSR count). The van der Waals surface area contributed by atoms with E-state index in [-0.39, 0.29) is 0 Å². The molecule has 2 N–H and O–H groups in total. The maximum atomic E-state index is 5.44. The smallest absolute Gasteiger partial charge is 0.144 e. The first-order valence-corrected chi connectivity index (χ1v) is 7.83. The lowest BCUT2D eigenvalue weighted by atomic mass is 9.79. The molecular formula is C18H23N3O. The molecule has 1 aromatic heterocycles. The van der Waals surface area contributed by atoms with Crippen LogP contribution in [0.15, 0.2) is 42.6 Å². The van der Waals surface area contributed by atoms with Gasteiger partial charge in [0.1, 0.15) is 11.3 Å². The van der Waals surface area contributed by atoms with E-state index in [0.29, 0.717) is 11.8 Å². The molecule has 0 amide bonds. The molecule has 0 radical (unpaired) electrons. The van der Waals surface area contributed by atoms with Crippen LogP contribution in [0, 0.1) is 5.92 Å². The van der Waals surface area contributed by atoms with Crippen molar-refractivity contribution in [3.05, 3.63) is 48.2 Å². The highest BCUT2D eigenvalue weighted by Crippen LogP contribution is 2.38. The number of H-pyrrole nitrogens is 1. The Kier molecular flexibility index (Phi) is 4.59. The number of rotatable bonds is 6. The van der Waals surface area contributed by atoms with Gasteiger partial charge in [0.05, 0.1) is 13.3 Å². The minimum Gasteiger partial charge on any atom is -0.494 e. The largest absolute Gasteiger partial charge is 0.494 e. The summed E-state index contributed by atoms with van der Waals surface area (Å²) >= 11 is 0. The number of hydrogen-bond acceptors (Lipinski definition) is 3. The molecule has 0 saturated carbocycles. The molecule has 2 aromatic rings. The summed E-state index contributed by atoms with van der Waals surface area (Å²) in [5.41, 5.74) is 2.34. The molecule has 4 heteroatoms. The second-order valence-electron chi connectivity index (χ2n) is 5.73. The van der Waals surface area contributed by atoms with Gasteiger partial charge in [-0.2, -0.15) is 5.10 Å². The van der Waals surface area contributed by atoms with Crippen LogP contribution in [0.4, 0.5) is 0 Å². The second-order valence-corrected chi connectivity index (χ2v) is 5.73. The van der Waals surface area contributed by atoms with Crippen molar-refractivity contribution in [3.8, 4) is 5.75 Å². The molecule has 0 bridgehead atoms. The summed E-state index contributed by atoms with van der Waals surface area (Å²) in [4.78, 5) is 0. The average molecular weight is 297 g/mol. The van der Waals surface area contributed by atoms with Crippen molar-refractivity contribution < 1.29 is 4.74 Å². The Bertz CT molecular complexity index is 687. The van der Waals surface area contributed by atoms with Gasteiger partial charge in [-0.05, 0) is 49.9 Å². The standard InChI is InChI=1S/C18H23N3O/c1-19-11-10-14(13-6-4-3-5-7-13)15-8-9-17(22-2)18-16(15)12-20-21-18/h3-6,8-9,12-14,19H,7,10-11H2,1-2H3,(H,20,21)/t13?,14-/m0/s1. The summed E-state index contributed by atoms with van der Waals surface area (Å²) in [7, 11) is 3.71. The third-order valence-electron chi connectivity index (χ3n) is 4.47. The molecule has 1 unspecified atom stereocenters. The van der Waals surface area contributed by atoms with Crippen molar-refractivity contribution in [2.24, 2.45) is 5.92 Å². The van der Waals surface area contributed by atoms with Crippen molar-refractivity contribution >= 4 is 10.9 Å². The third-order valence-corrected chi connectivity index (χ3v) is 4.47. The number of ether oxygens (including phenoxy) is 1. The van der Waals surface area contributed by atoms with Gasteiger partial charge in [-0.25, -0.2) is 0 Å². The van der Waals surface area contributed by atoms with Crippen LogP contribution in [0.1, 0.15) is 24.3 Å². The van der Waals surface area contributed by atoms with E-state index in [1.54, 1.807) is 7.11 Å². The van der Waals surface area contributed by atoms with Gasteiger partial charge in [0.15, 0.2) is 0 Å². The Morgan fingerprint density at radius 2 is 2.32 bits per heavy atom. The lowest BCUT2D eigenvalue weighted by Crippen LogP contribution is -2.18. The zero-order valence-electron chi connectivity index (χ0n) is 13.2. The third kappa shape index (κ3) is 2.79. The van der Waals surface area contributed by atoms with E-state index in [2.05, 4.69) is 45.9 Å². The molecule has 116 valence electrons. The van der Waals surface area contributed by atoms with E-state index in [0.717, 1.165) is 30.7 Å². The first-order valence-electron chi connectivity index (χ1n) is 7.83. The first-order chi connectivity index (χ1) is 10.8. The minimum absolute atomic E-state index is 0.472. The van der Waals surface area contributed by atoms with Gasteiger partial charge >= 0.3 is 0 Å². The highest BCUT2D eigenvalue weighted by Gasteiger charge is 2.24. The number of hydrogen-bond donors (Lipinski definition) is 2. The summed E-state index contributed by atoms with van der Waals surface area (Å²) in [5, 5.41) is 11.7. The van der Waals surface area contributed by atoms with Crippen molar-refractivity contribution in [3.63, 3.8) is 0 Å². The number of allylic oxidation sites excluding steroid dienone is 4. The Morgan fingerprint density at radius 3 is 3.05 bits per heavy atom. The minimum atomic E-state index is 0.472. The van der Waals surface area contributed by atoms with Gasteiger partial charge in [0.2, 0.25) is 0 Å². The summed E-state index contributed by atoms with van der Waals surface area (Å²) < 4.78 is 5.44. The molecule has 0 saturated heterocycles. The van der Waals surface area contributed by atoms with Crippen LogP contribution in [-0.2, 0) is 0 Å². The molecule has 0 spiro atoms. The van der Waals surface area contributed by atoms with E-state index in [4.69, 9.17) is 4.74 Å². The van der Waals surface area contributed by atoms with Crippen molar-refractivity contribution in [1.29, 1.82) is 0 Å². The molecule has 1 heterocycles. The Hall–Kier alpha value is -2.07. The van der Waals surface area contributed by atoms with Gasteiger partial charge in [-0.3, -0.25) is 5.10 Å². The highest BCUT2D eigenvalue weighted by atomic mass is 16.5. The summed E-state index contributed by atoms with van der Waals surface area (Å²) in [5.74, 6) is 1.85. The lowest BCUT2D eigenvalue weighted by Gasteiger charge is -2.26. The maximum absolute atomic E-state index is 5.44. The molecule has 4 nitrogen and oxygen atoms in total. The fourth-order valence-electron chi connectivity index (χ4n) is 3.32. The van der Waals surface area contributed by atoms with Crippen LogP contribution in [0.25, 0.3) is 10.9 Å². The van der Waals surface area contributed by atoms with Crippen LogP contribution >= 0.6 is 0 Å². The predicted octanol–water partition coefficient (Wildman–Crippen LogP) is 3.40. The van der Waals surface area contributed by atoms with Gasteiger partial charge in [0, 0.05) is 5.39 Å². The van der Waals surface area contributed by atoms with Gasteiger partial charge in [-0.15, -0.1) is 0 Å². The monoisotopic (exact) mass is 297 g/mol. The van der Waals surface area contributed by atoms with Crippen LogP contribution < -0.4 is 10.1 Å². The van der Waals surface area contributed by atoms with Crippen molar-refractivity contribution in [2.45, 2.75) is 18.8 Å². The Morgan fingerprint density at radius 1 is 1.41 bits per heavy atom. The van der Waals surface area contributed by atoms with E-state index in [9.17, 15) is 0 Å². The van der Waals surface area contributed by atoms with E-state index >= 15 is 0 Å². The number of fused-ring (bicyclic) bond motifs is 1. The fourth-order valence-corrected chi connectivity index (χ4v) is 3.32. The number of nitrogens with zero attached hydrogens (tertiary/aromatic N) is 1. The molecule has 22 heavy (non-hydrogen) atoms. The van der Waals surface area contributed by atoms with Gasteiger partial charge in [0.25, 0.3) is 0 Å². The number of aromatic nitrogens is 2. The number of methoxy groups -OCH3 is 1. The van der Waals surface area contributed by atoms with Crippen molar-refractivity contribution in [2.75, 3.05) is 20.7 Å². The fraction of sp³-hybridized carbons (Fsp3) is 0.389. The normalized spacial score (nSPS) is 18.7. The summed E-state index contributed by atoms with van der Waals surface area (Å²) in [6.07, 6.45) is 13.0. The average Bonchev–Trinajstić information content (AvgIpc) is 3.06. The van der Waals surface area contributed by atoms with Gasteiger partial charge < -0.3 is 10.1 Å². The lowest BCUT2D eigenvalue weighted by molar-refractivity contribution is 0.418.